The van der Waals surface area contributed by atoms with E-state index in [4.69, 9.17) is 0 Å². The van der Waals surface area contributed by atoms with Crippen molar-refractivity contribution >= 4 is 11.6 Å². The van der Waals surface area contributed by atoms with Crippen LogP contribution >= 0.6 is 0 Å². The Balaban J connectivity index is 1.60. The highest BCUT2D eigenvalue weighted by atomic mass is 16.3. The standard InChI is InChI=1S/C30H32O4/c1-18(32)19-4-6-23-20(14-19)16-29-11-8-22(33)15-21(29)5-7-24-26-9-12-30(34,10-3-13-31)28(26,2)17-25(23)27(24)29/h4,6,14-15,25-26,31,34H,5,7-9,11-13,16-17H2,1-2H3/t25?,26-,28-,29+,30-/m0/s1. The lowest BCUT2D eigenvalue weighted by molar-refractivity contribution is -0.115. The number of fused-ring (bicyclic) bond motifs is 4. The summed E-state index contributed by atoms with van der Waals surface area (Å²) >= 11 is 0. The molecule has 0 bridgehead atoms. The lowest BCUT2D eigenvalue weighted by Crippen LogP contribution is -2.52. The van der Waals surface area contributed by atoms with Gasteiger partial charge in [-0.15, -0.1) is 0 Å². The van der Waals surface area contributed by atoms with Crippen LogP contribution in [0.2, 0.25) is 0 Å². The van der Waals surface area contributed by atoms with Gasteiger partial charge >= 0.3 is 0 Å². The van der Waals surface area contributed by atoms with Gasteiger partial charge in [0, 0.05) is 28.7 Å². The van der Waals surface area contributed by atoms with Gasteiger partial charge in [-0.25, -0.2) is 0 Å². The number of ketones is 2. The highest BCUT2D eigenvalue weighted by Crippen LogP contribution is 2.70. The van der Waals surface area contributed by atoms with E-state index >= 15 is 0 Å². The number of aliphatic hydroxyl groups is 2. The molecule has 5 atom stereocenters. The van der Waals surface area contributed by atoms with E-state index < -0.39 is 11.0 Å². The monoisotopic (exact) mass is 456 g/mol. The van der Waals surface area contributed by atoms with Crippen molar-refractivity contribution in [3.8, 4) is 11.8 Å². The largest absolute Gasteiger partial charge is 0.384 e. The Morgan fingerprint density at radius 3 is 2.79 bits per heavy atom. The Hall–Kier alpha value is -2.48. The fourth-order valence-corrected chi connectivity index (χ4v) is 8.39. The number of benzene rings is 1. The smallest absolute Gasteiger partial charge is 0.159 e. The minimum atomic E-state index is -1.12. The fourth-order valence-electron chi connectivity index (χ4n) is 8.39. The molecule has 1 fully saturated rings. The Morgan fingerprint density at radius 1 is 1.21 bits per heavy atom. The molecule has 176 valence electrons. The molecule has 1 aromatic rings. The van der Waals surface area contributed by atoms with E-state index in [1.165, 1.54) is 27.8 Å². The summed E-state index contributed by atoms with van der Waals surface area (Å²) in [5.41, 5.74) is 5.86. The summed E-state index contributed by atoms with van der Waals surface area (Å²) in [5, 5.41) is 21.1. The van der Waals surface area contributed by atoms with Crippen molar-refractivity contribution in [3.63, 3.8) is 0 Å². The summed E-state index contributed by atoms with van der Waals surface area (Å²) < 4.78 is 0. The lowest BCUT2D eigenvalue weighted by atomic mass is 9.45. The Bertz CT molecular complexity index is 1260. The van der Waals surface area contributed by atoms with Gasteiger partial charge in [0.15, 0.2) is 11.6 Å². The van der Waals surface area contributed by atoms with Gasteiger partial charge in [-0.1, -0.05) is 47.6 Å². The first-order chi connectivity index (χ1) is 16.2. The van der Waals surface area contributed by atoms with Crippen LogP contribution in [0.25, 0.3) is 0 Å². The van der Waals surface area contributed by atoms with Crippen molar-refractivity contribution in [1.82, 2.24) is 0 Å². The van der Waals surface area contributed by atoms with Crippen LogP contribution in [0, 0.1) is 28.6 Å². The summed E-state index contributed by atoms with van der Waals surface area (Å²) in [6.07, 6.45) is 8.35. The summed E-state index contributed by atoms with van der Waals surface area (Å²) in [5.74, 6) is 6.54. The topological polar surface area (TPSA) is 74.6 Å². The maximum atomic E-state index is 12.4. The molecule has 5 aliphatic rings. The molecule has 1 unspecified atom stereocenters. The highest BCUT2D eigenvalue weighted by molar-refractivity contribution is 5.94. The molecule has 0 amide bonds. The van der Waals surface area contributed by atoms with Crippen LogP contribution in [0.3, 0.4) is 0 Å². The third-order valence-corrected chi connectivity index (χ3v) is 9.97. The Morgan fingerprint density at radius 2 is 2.03 bits per heavy atom. The number of carbonyl (C=O) groups excluding carboxylic acids is 2. The van der Waals surface area contributed by atoms with Gasteiger partial charge in [-0.2, -0.15) is 0 Å². The number of carbonyl (C=O) groups is 2. The molecule has 6 rings (SSSR count). The molecule has 1 spiro atoms. The van der Waals surface area contributed by atoms with Gasteiger partial charge < -0.3 is 10.2 Å². The van der Waals surface area contributed by atoms with Crippen LogP contribution in [0.15, 0.2) is 41.0 Å². The molecule has 4 heteroatoms. The zero-order valence-electron chi connectivity index (χ0n) is 20.0. The van der Waals surface area contributed by atoms with Gasteiger partial charge in [0.2, 0.25) is 0 Å². The summed E-state index contributed by atoms with van der Waals surface area (Å²) in [6.45, 7) is 3.56. The maximum Gasteiger partial charge on any atom is 0.159 e. The minimum absolute atomic E-state index is 0.0701. The molecular formula is C30H32O4. The van der Waals surface area contributed by atoms with Crippen molar-refractivity contribution in [2.24, 2.45) is 16.7 Å². The molecule has 1 saturated carbocycles. The van der Waals surface area contributed by atoms with Crippen LogP contribution in [0.4, 0.5) is 0 Å². The quantitative estimate of drug-likeness (QED) is 0.372. The number of hydrogen-bond donors (Lipinski definition) is 2. The average molecular weight is 457 g/mol. The van der Waals surface area contributed by atoms with E-state index in [2.05, 4.69) is 30.9 Å². The van der Waals surface area contributed by atoms with Crippen LogP contribution in [0.5, 0.6) is 0 Å². The molecule has 5 aliphatic carbocycles. The Kier molecular flexibility index (Phi) is 4.70. The SMILES string of the molecule is CC(=O)c1ccc2c(c1)C[C@]13CCC(=O)C=C1CCC1=C3C2C[C@@]2(C)[C@H]1CC[C@@]2(O)C#CCO. The van der Waals surface area contributed by atoms with Gasteiger partial charge in [0.1, 0.15) is 12.2 Å². The van der Waals surface area contributed by atoms with Crippen LogP contribution < -0.4 is 0 Å². The molecule has 2 N–H and O–H groups in total. The van der Waals surface area contributed by atoms with E-state index in [-0.39, 0.29) is 35.4 Å². The number of rotatable bonds is 1. The van der Waals surface area contributed by atoms with E-state index in [1.807, 2.05) is 12.1 Å². The second-order valence-electron chi connectivity index (χ2n) is 11.4. The number of Topliss-reactive ketones (excluding diaryl/α,β-unsaturated/α-hetero) is 1. The average Bonchev–Trinajstić information content (AvgIpc) is 3.08. The third kappa shape index (κ3) is 2.75. The second kappa shape index (κ2) is 7.26. The highest BCUT2D eigenvalue weighted by Gasteiger charge is 2.64. The van der Waals surface area contributed by atoms with Crippen LogP contribution in [0.1, 0.15) is 86.2 Å². The number of allylic oxidation sites excluding steroid dienone is 4. The van der Waals surface area contributed by atoms with Crippen molar-refractivity contribution in [3.05, 3.63) is 57.7 Å². The number of hydrogen-bond acceptors (Lipinski definition) is 4. The van der Waals surface area contributed by atoms with Gasteiger partial charge in [-0.3, -0.25) is 9.59 Å². The number of aliphatic hydroxyl groups excluding tert-OH is 1. The molecule has 4 nitrogen and oxygen atoms in total. The van der Waals surface area contributed by atoms with Gasteiger partial charge in [-0.05, 0) is 81.1 Å². The summed E-state index contributed by atoms with van der Waals surface area (Å²) in [4.78, 5) is 24.6. The van der Waals surface area contributed by atoms with E-state index in [9.17, 15) is 19.8 Å². The third-order valence-electron chi connectivity index (χ3n) is 9.97. The first-order valence-corrected chi connectivity index (χ1v) is 12.7. The van der Waals surface area contributed by atoms with Crippen molar-refractivity contribution in [1.29, 1.82) is 0 Å². The van der Waals surface area contributed by atoms with Crippen LogP contribution in [-0.2, 0) is 11.2 Å². The van der Waals surface area contributed by atoms with E-state index in [0.29, 0.717) is 12.8 Å². The Labute approximate surface area is 201 Å². The summed E-state index contributed by atoms with van der Waals surface area (Å²) in [6, 6.07) is 6.16. The van der Waals surface area contributed by atoms with Crippen molar-refractivity contribution < 1.29 is 19.8 Å². The first kappa shape index (κ1) is 22.0. The van der Waals surface area contributed by atoms with Crippen molar-refractivity contribution in [2.75, 3.05) is 6.61 Å². The maximum absolute atomic E-state index is 12.4. The molecular weight excluding hydrogens is 424 g/mol. The normalized spacial score (nSPS) is 37.5. The molecule has 0 aromatic heterocycles. The molecule has 0 aliphatic heterocycles. The van der Waals surface area contributed by atoms with E-state index in [0.717, 1.165) is 44.1 Å². The molecule has 1 aromatic carbocycles. The van der Waals surface area contributed by atoms with Crippen LogP contribution in [-0.4, -0.2) is 34.0 Å². The first-order valence-electron chi connectivity index (χ1n) is 12.7. The minimum Gasteiger partial charge on any atom is -0.384 e. The molecule has 34 heavy (non-hydrogen) atoms. The predicted octanol–water partition coefficient (Wildman–Crippen LogP) is 4.44. The van der Waals surface area contributed by atoms with E-state index in [1.54, 1.807) is 6.92 Å². The predicted molar refractivity (Wildman–Crippen MR) is 129 cm³/mol. The molecule has 0 saturated heterocycles. The molecule has 0 heterocycles. The fraction of sp³-hybridized carbons (Fsp3) is 0.533. The lowest BCUT2D eigenvalue weighted by Gasteiger charge is -2.58. The zero-order chi connectivity index (χ0) is 23.9. The second-order valence-corrected chi connectivity index (χ2v) is 11.4. The van der Waals surface area contributed by atoms with Crippen molar-refractivity contribution in [2.45, 2.75) is 76.7 Å². The zero-order valence-corrected chi connectivity index (χ0v) is 20.0. The van der Waals surface area contributed by atoms with Gasteiger partial charge in [0.05, 0.1) is 0 Å². The van der Waals surface area contributed by atoms with Gasteiger partial charge in [0.25, 0.3) is 0 Å². The summed E-state index contributed by atoms with van der Waals surface area (Å²) in [7, 11) is 0. The molecule has 0 radical (unpaired) electrons.